The van der Waals surface area contributed by atoms with E-state index in [0.29, 0.717) is 41.8 Å². The maximum Gasteiger partial charge on any atom is 0.407 e. The molecule has 0 saturated carbocycles. The highest BCUT2D eigenvalue weighted by Gasteiger charge is 2.26. The number of hydrogen-bond acceptors (Lipinski definition) is 8. The van der Waals surface area contributed by atoms with Gasteiger partial charge in [-0.1, -0.05) is 24.3 Å². The molecule has 1 atom stereocenters. The molecule has 2 amide bonds. The van der Waals surface area contributed by atoms with Crippen LogP contribution in [0, 0.1) is 6.92 Å². The maximum absolute atomic E-state index is 13.3. The Morgan fingerprint density at radius 1 is 1.16 bits per heavy atom. The molecule has 0 radical (unpaired) electrons. The van der Waals surface area contributed by atoms with E-state index in [0.717, 1.165) is 40.7 Å². The minimum Gasteiger partial charge on any atom is -0.491 e. The van der Waals surface area contributed by atoms with Crippen LogP contribution in [0.2, 0.25) is 0 Å². The first-order valence-corrected chi connectivity index (χ1v) is 15.5. The number of H-pyrrole nitrogens is 1. The monoisotopic (exact) mass is 617 g/mol. The molecule has 44 heavy (non-hydrogen) atoms. The van der Waals surface area contributed by atoms with Gasteiger partial charge in [0.25, 0.3) is 5.91 Å². The predicted molar refractivity (Wildman–Crippen MR) is 175 cm³/mol. The van der Waals surface area contributed by atoms with Crippen LogP contribution in [0.15, 0.2) is 47.8 Å². The van der Waals surface area contributed by atoms with Gasteiger partial charge in [0, 0.05) is 36.6 Å². The summed E-state index contributed by atoms with van der Waals surface area (Å²) >= 11 is 1.39. The summed E-state index contributed by atoms with van der Waals surface area (Å²) in [5.41, 5.74) is 3.37. The van der Waals surface area contributed by atoms with Crippen molar-refractivity contribution in [2.75, 3.05) is 38.7 Å². The third-order valence-corrected chi connectivity index (χ3v) is 8.26. The summed E-state index contributed by atoms with van der Waals surface area (Å²) in [4.78, 5) is 28.4. The zero-order chi connectivity index (χ0) is 31.3. The number of rotatable bonds is 10. The van der Waals surface area contributed by atoms with Gasteiger partial charge in [-0.15, -0.1) is 11.3 Å². The Labute approximate surface area is 261 Å². The fourth-order valence-electron chi connectivity index (χ4n) is 5.13. The number of alkyl carbamates (subject to hydrolysis) is 1. The summed E-state index contributed by atoms with van der Waals surface area (Å²) < 4.78 is 17.4. The molecule has 1 saturated heterocycles. The number of likely N-dealkylation sites (tertiary alicyclic amines) is 1. The first kappa shape index (κ1) is 31.1. The van der Waals surface area contributed by atoms with E-state index in [9.17, 15) is 9.59 Å². The molecule has 2 aromatic heterocycles. The van der Waals surface area contributed by atoms with Crippen molar-refractivity contribution in [3.8, 4) is 11.5 Å². The average Bonchev–Trinajstić information content (AvgIpc) is 3.71. The van der Waals surface area contributed by atoms with Crippen LogP contribution in [0.5, 0.6) is 11.5 Å². The van der Waals surface area contributed by atoms with E-state index in [2.05, 4.69) is 25.7 Å². The zero-order valence-corrected chi connectivity index (χ0v) is 26.5. The van der Waals surface area contributed by atoms with E-state index >= 15 is 0 Å². The van der Waals surface area contributed by atoms with Gasteiger partial charge >= 0.3 is 6.09 Å². The second kappa shape index (κ2) is 13.5. The van der Waals surface area contributed by atoms with Crippen molar-refractivity contribution >= 4 is 52.1 Å². The molecule has 2 aromatic carbocycles. The van der Waals surface area contributed by atoms with Gasteiger partial charge in [-0.25, -0.2) is 4.79 Å². The maximum atomic E-state index is 13.3. The highest BCUT2D eigenvalue weighted by atomic mass is 32.1. The first-order valence-electron chi connectivity index (χ1n) is 14.6. The van der Waals surface area contributed by atoms with Crippen LogP contribution in [0.1, 0.15) is 53.7 Å². The van der Waals surface area contributed by atoms with Crippen molar-refractivity contribution in [2.45, 2.75) is 45.8 Å². The van der Waals surface area contributed by atoms with Crippen molar-refractivity contribution in [1.82, 2.24) is 20.4 Å². The van der Waals surface area contributed by atoms with Gasteiger partial charge in [-0.2, -0.15) is 5.10 Å². The molecule has 5 rings (SSSR count). The molecule has 0 aliphatic carbocycles. The lowest BCUT2D eigenvalue weighted by molar-refractivity contribution is 0.0505. The molecule has 0 bridgehead atoms. The second-order valence-corrected chi connectivity index (χ2v) is 12.6. The molecule has 0 unspecified atom stereocenters. The third kappa shape index (κ3) is 7.59. The molecule has 3 heterocycles. The number of ether oxygens (including phenoxy) is 3. The van der Waals surface area contributed by atoms with Gasteiger partial charge in [-0.3, -0.25) is 14.8 Å². The largest absolute Gasteiger partial charge is 0.491 e. The molecule has 10 nitrogen and oxygen atoms in total. The molecular weight excluding hydrogens is 578 g/mol. The number of carbonyl (C=O) groups excluding carboxylic acids is 2. The fraction of sp³-hybridized carbons (Fsp3) is 0.364. The Kier molecular flexibility index (Phi) is 9.55. The Hall–Kier alpha value is -4.35. The lowest BCUT2D eigenvalue weighted by Crippen LogP contribution is -2.40. The molecular formula is C33H39N5O5S. The standard InChI is InChI=1S/C33H39N5O5S/c1-21-15-19-44-30(21)31(39)35-28-22(10-12-26-24-8-6-7-9-25(24)36-37-26)11-13-27(29(28)41-5)42-18-17-38-16-14-23(20-38)34-32(40)43-33(2,3)4/h6-13,15,19,23H,14,16-18,20H2,1-5H3,(H,34,40)(H,35,39)(H,36,37)/t23-/m1/s1. The second-order valence-electron chi connectivity index (χ2n) is 11.7. The Bertz CT molecular complexity index is 1650. The van der Waals surface area contributed by atoms with Crippen LogP contribution in [0.4, 0.5) is 10.5 Å². The molecule has 232 valence electrons. The number of para-hydroxylation sites is 1. The Balaban J connectivity index is 1.31. The van der Waals surface area contributed by atoms with E-state index in [1.54, 1.807) is 7.11 Å². The minimum absolute atomic E-state index is 0.0274. The zero-order valence-electron chi connectivity index (χ0n) is 25.7. The molecule has 1 aliphatic rings. The number of amides is 2. The minimum atomic E-state index is -0.533. The highest BCUT2D eigenvalue weighted by Crippen LogP contribution is 2.40. The summed E-state index contributed by atoms with van der Waals surface area (Å²) in [6, 6.07) is 13.6. The summed E-state index contributed by atoms with van der Waals surface area (Å²) in [7, 11) is 1.57. The van der Waals surface area contributed by atoms with Crippen LogP contribution in [-0.4, -0.2) is 72.1 Å². The van der Waals surface area contributed by atoms with E-state index in [1.807, 2.05) is 87.7 Å². The molecule has 11 heteroatoms. The molecule has 0 spiro atoms. The number of carbonyl (C=O) groups is 2. The molecule has 1 fully saturated rings. The van der Waals surface area contributed by atoms with Gasteiger partial charge in [0.2, 0.25) is 0 Å². The van der Waals surface area contributed by atoms with Crippen molar-refractivity contribution in [3.63, 3.8) is 0 Å². The van der Waals surface area contributed by atoms with Gasteiger partial charge in [0.15, 0.2) is 11.5 Å². The number of aromatic amines is 1. The number of anilines is 1. The normalized spacial score (nSPS) is 15.5. The smallest absolute Gasteiger partial charge is 0.407 e. The van der Waals surface area contributed by atoms with Crippen molar-refractivity contribution < 1.29 is 23.8 Å². The van der Waals surface area contributed by atoms with Crippen molar-refractivity contribution in [2.24, 2.45) is 0 Å². The van der Waals surface area contributed by atoms with Crippen LogP contribution >= 0.6 is 11.3 Å². The number of aromatic nitrogens is 2. The summed E-state index contributed by atoms with van der Waals surface area (Å²) in [5, 5.41) is 16.4. The molecule has 1 aliphatic heterocycles. The number of hydrogen-bond donors (Lipinski definition) is 3. The predicted octanol–water partition coefficient (Wildman–Crippen LogP) is 6.34. The van der Waals surface area contributed by atoms with E-state index in [4.69, 9.17) is 14.2 Å². The molecule has 3 N–H and O–H groups in total. The van der Waals surface area contributed by atoms with Crippen LogP contribution < -0.4 is 20.1 Å². The number of aryl methyl sites for hydroxylation is 1. The highest BCUT2D eigenvalue weighted by molar-refractivity contribution is 7.12. The number of nitrogens with zero attached hydrogens (tertiary/aromatic N) is 2. The van der Waals surface area contributed by atoms with Gasteiger partial charge in [0.05, 0.1) is 28.9 Å². The fourth-order valence-corrected chi connectivity index (χ4v) is 5.95. The SMILES string of the molecule is COc1c(OCCN2CC[C@@H](NC(=O)OC(C)(C)C)C2)ccc(C=Cc2n[nH]c3ccccc23)c1NC(=O)c1sccc1C. The number of benzene rings is 2. The topological polar surface area (TPSA) is 118 Å². The average molecular weight is 618 g/mol. The van der Waals surface area contributed by atoms with Crippen LogP contribution in [0.25, 0.3) is 23.1 Å². The quantitative estimate of drug-likeness (QED) is 0.190. The lowest BCUT2D eigenvalue weighted by atomic mass is 10.1. The Morgan fingerprint density at radius 2 is 1.98 bits per heavy atom. The van der Waals surface area contributed by atoms with Crippen molar-refractivity contribution in [1.29, 1.82) is 0 Å². The molecule has 4 aromatic rings. The van der Waals surface area contributed by atoms with Gasteiger partial charge in [0.1, 0.15) is 12.2 Å². The lowest BCUT2D eigenvalue weighted by Gasteiger charge is -2.22. The summed E-state index contributed by atoms with van der Waals surface area (Å²) in [6.07, 6.45) is 4.27. The third-order valence-electron chi connectivity index (χ3n) is 7.24. The van der Waals surface area contributed by atoms with Crippen molar-refractivity contribution in [3.05, 3.63) is 69.5 Å². The van der Waals surface area contributed by atoms with Gasteiger partial charge in [-0.05, 0) is 75.4 Å². The van der Waals surface area contributed by atoms with Crippen LogP contribution in [-0.2, 0) is 4.74 Å². The first-order chi connectivity index (χ1) is 21.1. The summed E-state index contributed by atoms with van der Waals surface area (Å²) in [5.74, 6) is 0.747. The number of methoxy groups -OCH3 is 1. The number of thiophene rings is 1. The number of fused-ring (bicyclic) bond motifs is 1. The Morgan fingerprint density at radius 3 is 2.73 bits per heavy atom. The van der Waals surface area contributed by atoms with E-state index in [-0.39, 0.29) is 11.9 Å². The van der Waals surface area contributed by atoms with E-state index < -0.39 is 11.7 Å². The van der Waals surface area contributed by atoms with Crippen LogP contribution in [0.3, 0.4) is 0 Å². The van der Waals surface area contributed by atoms with E-state index in [1.165, 1.54) is 11.3 Å². The summed E-state index contributed by atoms with van der Waals surface area (Å²) in [6.45, 7) is 10.1. The number of nitrogens with one attached hydrogen (secondary N) is 3. The van der Waals surface area contributed by atoms with Gasteiger partial charge < -0.3 is 24.8 Å².